The van der Waals surface area contributed by atoms with Crippen molar-refractivity contribution in [1.29, 1.82) is 0 Å². The molecule has 1 aliphatic heterocycles. The molecule has 0 saturated heterocycles. The van der Waals surface area contributed by atoms with E-state index in [1.54, 1.807) is 24.4 Å². The number of aliphatic imine (C=N–C) groups is 1. The monoisotopic (exact) mass is 499 g/mol. The molecule has 0 aliphatic carbocycles. The maximum atomic E-state index is 13.3. The molecule has 3 atom stereocenters. The van der Waals surface area contributed by atoms with Gasteiger partial charge >= 0.3 is 0 Å². The van der Waals surface area contributed by atoms with Gasteiger partial charge in [-0.15, -0.1) is 0 Å². The number of amides is 2. The third-order valence-corrected chi connectivity index (χ3v) is 5.99. The maximum Gasteiger partial charge on any atom is 0.253 e. The Morgan fingerprint density at radius 1 is 1.14 bits per heavy atom. The lowest BCUT2D eigenvalue weighted by Crippen LogP contribution is -2.49. The number of rotatable bonds is 14. The number of ether oxygens (including phenoxy) is 1. The largest absolute Gasteiger partial charge is 0.390 e. The van der Waals surface area contributed by atoms with Crippen LogP contribution in [-0.2, 0) is 4.74 Å². The molecule has 0 fully saturated rings. The minimum atomic E-state index is -1.21. The molecular formula is C28H41N3O5. The minimum Gasteiger partial charge on any atom is -0.390 e. The molecule has 198 valence electrons. The van der Waals surface area contributed by atoms with Crippen LogP contribution in [0.3, 0.4) is 0 Å². The lowest BCUT2D eigenvalue weighted by Gasteiger charge is -2.28. The van der Waals surface area contributed by atoms with Crippen LogP contribution in [0.5, 0.6) is 0 Å². The first-order valence-corrected chi connectivity index (χ1v) is 12.7. The number of carbonyl (C=O) groups excluding carboxylic acids is 2. The normalized spacial score (nSPS) is 15.6. The van der Waals surface area contributed by atoms with Crippen LogP contribution in [0, 0.1) is 6.92 Å². The highest BCUT2D eigenvalue weighted by Gasteiger charge is 2.29. The van der Waals surface area contributed by atoms with E-state index >= 15 is 0 Å². The van der Waals surface area contributed by atoms with Gasteiger partial charge in [0.1, 0.15) is 6.10 Å². The summed E-state index contributed by atoms with van der Waals surface area (Å²) in [4.78, 5) is 32.5. The van der Waals surface area contributed by atoms with Crippen molar-refractivity contribution in [2.24, 2.45) is 4.99 Å². The molecule has 8 nitrogen and oxygen atoms in total. The van der Waals surface area contributed by atoms with E-state index in [1.807, 2.05) is 43.9 Å². The molecule has 2 rings (SSSR count). The molecule has 1 aromatic rings. The van der Waals surface area contributed by atoms with Crippen molar-refractivity contribution >= 4 is 18.0 Å². The van der Waals surface area contributed by atoms with Crippen LogP contribution in [0.4, 0.5) is 0 Å². The van der Waals surface area contributed by atoms with E-state index < -0.39 is 24.2 Å². The Morgan fingerprint density at radius 2 is 1.83 bits per heavy atom. The fraction of sp³-hybridized carbons (Fsp3) is 0.536. The summed E-state index contributed by atoms with van der Waals surface area (Å²) in [6.45, 7) is 8.06. The van der Waals surface area contributed by atoms with Gasteiger partial charge in [-0.1, -0.05) is 26.0 Å². The van der Waals surface area contributed by atoms with Crippen LogP contribution in [0.15, 0.2) is 47.0 Å². The number of aliphatic hydroxyl groups is 2. The third kappa shape index (κ3) is 9.00. The van der Waals surface area contributed by atoms with Crippen molar-refractivity contribution in [2.75, 3.05) is 33.4 Å². The third-order valence-electron chi connectivity index (χ3n) is 5.99. The standard InChI is InChI=1S/C28H41N3O5/c1-5-13-31(14-6-2)28(35)23-17-20(3)16-22(19-23)27(34)30-24(26(33)25(32)10-15-36-4)18-21-8-7-11-29-12-9-21/h7-9,12,16-17,19,24-26,32-33H,5-6,10-11,13-15,18H2,1-4H3,(H,30,34). The van der Waals surface area contributed by atoms with Gasteiger partial charge in [0.15, 0.2) is 0 Å². The highest BCUT2D eigenvalue weighted by molar-refractivity contribution is 6.00. The summed E-state index contributed by atoms with van der Waals surface area (Å²) >= 11 is 0. The first-order chi connectivity index (χ1) is 17.3. The number of carbonyl (C=O) groups is 2. The molecule has 36 heavy (non-hydrogen) atoms. The summed E-state index contributed by atoms with van der Waals surface area (Å²) in [6, 6.07) is 4.35. The van der Waals surface area contributed by atoms with Crippen molar-refractivity contribution in [3.63, 3.8) is 0 Å². The van der Waals surface area contributed by atoms with E-state index in [0.29, 0.717) is 37.2 Å². The summed E-state index contributed by atoms with van der Waals surface area (Å²) in [5.74, 6) is -0.517. The van der Waals surface area contributed by atoms with Crippen LogP contribution in [0.1, 0.15) is 65.8 Å². The smallest absolute Gasteiger partial charge is 0.253 e. The van der Waals surface area contributed by atoms with Gasteiger partial charge in [-0.05, 0) is 68.0 Å². The van der Waals surface area contributed by atoms with Crippen LogP contribution in [-0.4, -0.2) is 84.7 Å². The van der Waals surface area contributed by atoms with Gasteiger partial charge < -0.3 is 25.2 Å². The second-order valence-electron chi connectivity index (χ2n) is 9.16. The van der Waals surface area contributed by atoms with E-state index in [4.69, 9.17) is 4.74 Å². The van der Waals surface area contributed by atoms with Crippen molar-refractivity contribution in [3.05, 3.63) is 58.7 Å². The average molecular weight is 500 g/mol. The number of hydrogen-bond donors (Lipinski definition) is 3. The Hall–Kier alpha value is -2.81. The zero-order valence-electron chi connectivity index (χ0n) is 21.9. The van der Waals surface area contributed by atoms with Crippen LogP contribution in [0.2, 0.25) is 0 Å². The van der Waals surface area contributed by atoms with Gasteiger partial charge in [-0.25, -0.2) is 0 Å². The number of nitrogens with zero attached hydrogens (tertiary/aromatic N) is 2. The zero-order chi connectivity index (χ0) is 26.5. The number of allylic oxidation sites excluding steroid dienone is 2. The number of benzene rings is 1. The summed E-state index contributed by atoms with van der Waals surface area (Å²) < 4.78 is 5.03. The highest BCUT2D eigenvalue weighted by atomic mass is 16.5. The van der Waals surface area contributed by atoms with Gasteiger partial charge in [0.25, 0.3) is 11.8 Å². The van der Waals surface area contributed by atoms with E-state index in [1.165, 1.54) is 7.11 Å². The summed E-state index contributed by atoms with van der Waals surface area (Å²) in [6.07, 6.45) is 7.27. The van der Waals surface area contributed by atoms with Gasteiger partial charge in [0.2, 0.25) is 0 Å². The van der Waals surface area contributed by atoms with E-state index in [9.17, 15) is 19.8 Å². The topological polar surface area (TPSA) is 111 Å². The van der Waals surface area contributed by atoms with Crippen LogP contribution < -0.4 is 5.32 Å². The van der Waals surface area contributed by atoms with Crippen LogP contribution >= 0.6 is 0 Å². The zero-order valence-corrected chi connectivity index (χ0v) is 21.9. The summed E-state index contributed by atoms with van der Waals surface area (Å²) in [5, 5.41) is 24.3. The minimum absolute atomic E-state index is 0.101. The molecule has 0 radical (unpaired) electrons. The predicted octanol–water partition coefficient (Wildman–Crippen LogP) is 3.07. The summed E-state index contributed by atoms with van der Waals surface area (Å²) in [5.41, 5.74) is 2.46. The van der Waals surface area contributed by atoms with Gasteiger partial charge in [0.05, 0.1) is 18.7 Å². The number of aryl methyl sites for hydroxylation is 1. The molecule has 0 aromatic heterocycles. The van der Waals surface area contributed by atoms with E-state index in [0.717, 1.165) is 24.0 Å². The number of hydrogen-bond acceptors (Lipinski definition) is 6. The van der Waals surface area contributed by atoms with Crippen LogP contribution in [0.25, 0.3) is 0 Å². The average Bonchev–Trinajstić information content (AvgIpc) is 3.14. The van der Waals surface area contributed by atoms with Crippen molar-refractivity contribution in [1.82, 2.24) is 10.2 Å². The molecule has 3 unspecified atom stereocenters. The van der Waals surface area contributed by atoms with Gasteiger partial charge in [0, 0.05) is 44.1 Å². The second kappa shape index (κ2) is 15.3. The SMILES string of the molecule is CCCN(CCC)C(=O)c1cc(C)cc(C(=O)NC(CC2=CC=NCC=C2)C(O)C(O)CCOC)c1. The molecule has 2 amide bonds. The van der Waals surface area contributed by atoms with E-state index in [2.05, 4.69) is 10.3 Å². The van der Waals surface area contributed by atoms with Crippen molar-refractivity contribution < 1.29 is 24.5 Å². The fourth-order valence-corrected chi connectivity index (χ4v) is 4.18. The highest BCUT2D eigenvalue weighted by Crippen LogP contribution is 2.18. The van der Waals surface area contributed by atoms with Crippen molar-refractivity contribution in [2.45, 2.75) is 64.7 Å². The maximum absolute atomic E-state index is 13.3. The molecule has 1 aromatic carbocycles. The van der Waals surface area contributed by atoms with Gasteiger partial charge in [-0.2, -0.15) is 0 Å². The van der Waals surface area contributed by atoms with Crippen molar-refractivity contribution in [3.8, 4) is 0 Å². The second-order valence-corrected chi connectivity index (χ2v) is 9.16. The molecule has 0 saturated carbocycles. The predicted molar refractivity (Wildman–Crippen MR) is 143 cm³/mol. The molecule has 1 heterocycles. The molecule has 8 heteroatoms. The molecule has 0 spiro atoms. The first-order valence-electron chi connectivity index (χ1n) is 12.7. The van der Waals surface area contributed by atoms with Gasteiger partial charge in [-0.3, -0.25) is 14.6 Å². The lowest BCUT2D eigenvalue weighted by atomic mass is 9.95. The quantitative estimate of drug-likeness (QED) is 0.364. The number of methoxy groups -OCH3 is 1. The summed E-state index contributed by atoms with van der Waals surface area (Å²) in [7, 11) is 1.53. The Morgan fingerprint density at radius 3 is 2.50 bits per heavy atom. The Kier molecular flexibility index (Phi) is 12.5. The molecular weight excluding hydrogens is 458 g/mol. The number of aliphatic hydroxyl groups excluding tert-OH is 2. The Labute approximate surface area is 214 Å². The molecule has 1 aliphatic rings. The Balaban J connectivity index is 2.29. The first kappa shape index (κ1) is 29.4. The lowest BCUT2D eigenvalue weighted by molar-refractivity contribution is -0.0175. The Bertz CT molecular complexity index is 951. The fourth-order valence-electron chi connectivity index (χ4n) is 4.18. The van der Waals surface area contributed by atoms with E-state index in [-0.39, 0.29) is 18.9 Å². The molecule has 3 N–H and O–H groups in total. The number of nitrogens with one attached hydrogen (secondary N) is 1. The molecule has 0 bridgehead atoms.